The van der Waals surface area contributed by atoms with Crippen molar-refractivity contribution in [3.63, 3.8) is 0 Å². The number of esters is 1. The maximum Gasteiger partial charge on any atom is 0.305 e. The van der Waals surface area contributed by atoms with E-state index in [2.05, 4.69) is 42.6 Å². The van der Waals surface area contributed by atoms with Crippen LogP contribution in [0.5, 0.6) is 0 Å². The van der Waals surface area contributed by atoms with Crippen molar-refractivity contribution in [2.24, 2.45) is 0 Å². The molecule has 1 aliphatic heterocycles. The number of carbonyl (C=O) groups excluding carboxylic acids is 2. The summed E-state index contributed by atoms with van der Waals surface area (Å²) >= 11 is 0. The number of carbonyl (C=O) groups is 2. The van der Waals surface area contributed by atoms with Crippen LogP contribution in [0.1, 0.15) is 341 Å². The van der Waals surface area contributed by atoms with Crippen LogP contribution in [0.2, 0.25) is 0 Å². The average Bonchev–Trinajstić information content (AvgIpc) is 3.60. The summed E-state index contributed by atoms with van der Waals surface area (Å²) in [5.74, 6) is -0.185. The largest absolute Gasteiger partial charge is 0.466 e. The molecule has 6 N–H and O–H groups in total. The summed E-state index contributed by atoms with van der Waals surface area (Å²) in [6.45, 7) is 4.12. The maximum absolute atomic E-state index is 13.0. The molecule has 1 rings (SSSR count). The molecule has 492 valence electrons. The van der Waals surface area contributed by atoms with Crippen LogP contribution in [0.25, 0.3) is 0 Å². The number of amides is 1. The molecule has 0 aromatic carbocycles. The monoisotopic (exact) mass is 1190 g/mol. The van der Waals surface area contributed by atoms with Crippen LogP contribution in [-0.4, -0.2) is 100 Å². The molecule has 1 aliphatic rings. The van der Waals surface area contributed by atoms with E-state index in [1.807, 2.05) is 19.1 Å². The predicted octanol–water partition coefficient (Wildman–Crippen LogP) is 18.4. The third-order valence-corrected chi connectivity index (χ3v) is 17.0. The number of allylic oxidation sites excluding steroid dienone is 7. The van der Waals surface area contributed by atoms with Crippen molar-refractivity contribution in [1.82, 2.24) is 5.32 Å². The van der Waals surface area contributed by atoms with E-state index in [9.17, 15) is 35.1 Å². The second-order valence-electron chi connectivity index (χ2n) is 24.9. The highest BCUT2D eigenvalue weighted by atomic mass is 16.7. The molecule has 1 heterocycles. The Balaban J connectivity index is 1.90. The van der Waals surface area contributed by atoms with E-state index < -0.39 is 49.5 Å². The molecule has 0 saturated carbocycles. The van der Waals surface area contributed by atoms with Gasteiger partial charge in [-0.2, -0.15) is 0 Å². The molecule has 0 bridgehead atoms. The van der Waals surface area contributed by atoms with Crippen LogP contribution in [-0.2, 0) is 23.8 Å². The summed E-state index contributed by atoms with van der Waals surface area (Å²) in [5.41, 5.74) is 0. The molecule has 0 spiro atoms. The summed E-state index contributed by atoms with van der Waals surface area (Å²) in [6.07, 6.45) is 71.5. The zero-order valence-electron chi connectivity index (χ0n) is 54.6. The number of hydrogen-bond donors (Lipinski definition) is 6. The Bertz CT molecular complexity index is 1530. The zero-order valence-corrected chi connectivity index (χ0v) is 54.6. The lowest BCUT2D eigenvalue weighted by Crippen LogP contribution is -2.60. The molecule has 7 unspecified atom stereocenters. The van der Waals surface area contributed by atoms with E-state index in [1.165, 1.54) is 257 Å². The van der Waals surface area contributed by atoms with Crippen LogP contribution in [0.4, 0.5) is 0 Å². The third kappa shape index (κ3) is 50.6. The standard InChI is InChI=1S/C73H135NO10/c1-3-5-7-9-11-13-14-15-16-31-35-38-41-45-49-53-57-61-69(78)82-62-58-54-50-46-42-39-36-33-30-28-26-24-22-20-18-17-19-21-23-25-27-29-32-34-37-40-44-48-52-56-60-68(77)74-65(66(76)59-55-51-47-43-12-10-8-6-4-2)64-83-73-72(81)71(80)70(79)67(63-75)84-73/h4,6,12,18,20,43,55,59,65-67,70-73,75-76,79-81H,3,5,7-11,13-17,19,21-42,44-54,56-58,60-64H2,1-2H3,(H,74,77)/b6-4+,20-18-,43-12+,59-55+. The number of hydrogen-bond acceptors (Lipinski definition) is 10. The predicted molar refractivity (Wildman–Crippen MR) is 352 cm³/mol. The fourth-order valence-corrected chi connectivity index (χ4v) is 11.4. The fourth-order valence-electron chi connectivity index (χ4n) is 11.4. The number of unbranched alkanes of at least 4 members (excludes halogenated alkanes) is 44. The van der Waals surface area contributed by atoms with Gasteiger partial charge in [0.25, 0.3) is 0 Å². The first-order chi connectivity index (χ1) is 41.2. The van der Waals surface area contributed by atoms with Crippen molar-refractivity contribution in [1.29, 1.82) is 0 Å². The Labute approximate surface area is 516 Å². The van der Waals surface area contributed by atoms with Gasteiger partial charge in [-0.1, -0.05) is 300 Å². The minimum absolute atomic E-state index is 0.0124. The summed E-state index contributed by atoms with van der Waals surface area (Å²) in [5, 5.41) is 54.2. The highest BCUT2D eigenvalue weighted by Crippen LogP contribution is 2.23. The molecule has 11 heteroatoms. The van der Waals surface area contributed by atoms with Crippen molar-refractivity contribution < 1.29 is 49.3 Å². The van der Waals surface area contributed by atoms with Gasteiger partial charge in [0.2, 0.25) is 5.91 Å². The van der Waals surface area contributed by atoms with Crippen molar-refractivity contribution >= 4 is 11.9 Å². The van der Waals surface area contributed by atoms with Gasteiger partial charge >= 0.3 is 5.97 Å². The van der Waals surface area contributed by atoms with E-state index in [0.29, 0.717) is 19.4 Å². The Hall–Kier alpha value is -2.38. The summed E-state index contributed by atoms with van der Waals surface area (Å²) in [6, 6.07) is -0.833. The molecule has 1 fully saturated rings. The van der Waals surface area contributed by atoms with Gasteiger partial charge in [0.1, 0.15) is 24.4 Å². The van der Waals surface area contributed by atoms with Gasteiger partial charge in [0, 0.05) is 12.8 Å². The third-order valence-electron chi connectivity index (χ3n) is 17.0. The second-order valence-corrected chi connectivity index (χ2v) is 24.9. The molecule has 0 aromatic rings. The van der Waals surface area contributed by atoms with Crippen LogP contribution in [0.3, 0.4) is 0 Å². The van der Waals surface area contributed by atoms with E-state index in [1.54, 1.807) is 6.08 Å². The van der Waals surface area contributed by atoms with Gasteiger partial charge in [-0.3, -0.25) is 9.59 Å². The van der Waals surface area contributed by atoms with Gasteiger partial charge in [-0.05, 0) is 77.6 Å². The molecule has 7 atom stereocenters. The first-order valence-electron chi connectivity index (χ1n) is 35.9. The SMILES string of the molecule is C/C=C/CC/C=C/CC/C=C/C(O)C(COC1OC(CO)C(O)C(O)C1O)NC(=O)CCCCCCCCCCCCCCCC/C=C\CCCCCCCCCCCCCCOC(=O)CCCCCCCCCCCCCCCCCCC. The molecule has 0 aliphatic carbocycles. The smallest absolute Gasteiger partial charge is 0.305 e. The molecular formula is C73H135NO10. The van der Waals surface area contributed by atoms with Crippen LogP contribution < -0.4 is 5.32 Å². The molecule has 11 nitrogen and oxygen atoms in total. The lowest BCUT2D eigenvalue weighted by molar-refractivity contribution is -0.302. The Morgan fingerprint density at radius 2 is 0.821 bits per heavy atom. The van der Waals surface area contributed by atoms with Crippen molar-refractivity contribution in [2.45, 2.75) is 384 Å². The highest BCUT2D eigenvalue weighted by molar-refractivity contribution is 5.76. The topological polar surface area (TPSA) is 175 Å². The van der Waals surface area contributed by atoms with Crippen molar-refractivity contribution in [3.8, 4) is 0 Å². The molecule has 0 radical (unpaired) electrons. The van der Waals surface area contributed by atoms with E-state index in [4.69, 9.17) is 14.2 Å². The second kappa shape index (κ2) is 62.2. The quantitative estimate of drug-likeness (QED) is 0.0195. The first-order valence-corrected chi connectivity index (χ1v) is 35.9. The van der Waals surface area contributed by atoms with Crippen LogP contribution >= 0.6 is 0 Å². The summed E-state index contributed by atoms with van der Waals surface area (Å²) < 4.78 is 16.7. The molecule has 1 amide bonds. The molecular weight excluding hydrogens is 1050 g/mol. The van der Waals surface area contributed by atoms with Gasteiger partial charge < -0.3 is 45.1 Å². The highest BCUT2D eigenvalue weighted by Gasteiger charge is 2.44. The molecule has 1 saturated heterocycles. The average molecular weight is 1190 g/mol. The van der Waals surface area contributed by atoms with Gasteiger partial charge in [0.15, 0.2) is 6.29 Å². The molecule has 0 aromatic heterocycles. The minimum Gasteiger partial charge on any atom is -0.466 e. The number of nitrogens with one attached hydrogen (secondary N) is 1. The van der Waals surface area contributed by atoms with Gasteiger partial charge in [-0.15, -0.1) is 0 Å². The van der Waals surface area contributed by atoms with Gasteiger partial charge in [-0.25, -0.2) is 0 Å². The number of ether oxygens (including phenoxy) is 3. The summed E-state index contributed by atoms with van der Waals surface area (Å²) in [4.78, 5) is 25.1. The van der Waals surface area contributed by atoms with Crippen molar-refractivity contribution in [2.75, 3.05) is 19.8 Å². The lowest BCUT2D eigenvalue weighted by atomic mass is 9.99. The van der Waals surface area contributed by atoms with E-state index in [-0.39, 0.29) is 18.5 Å². The van der Waals surface area contributed by atoms with Crippen LogP contribution in [0.15, 0.2) is 48.6 Å². The number of aliphatic hydroxyl groups excluding tert-OH is 5. The van der Waals surface area contributed by atoms with E-state index in [0.717, 1.165) is 57.8 Å². The first kappa shape index (κ1) is 79.6. The lowest BCUT2D eigenvalue weighted by Gasteiger charge is -2.40. The number of rotatable bonds is 63. The van der Waals surface area contributed by atoms with Crippen molar-refractivity contribution in [3.05, 3.63) is 48.6 Å². The molecule has 84 heavy (non-hydrogen) atoms. The fraction of sp³-hybridized carbons (Fsp3) is 0.863. The Kier molecular flexibility index (Phi) is 59.0. The Morgan fingerprint density at radius 1 is 0.452 bits per heavy atom. The van der Waals surface area contributed by atoms with Gasteiger partial charge in [0.05, 0.1) is 32.0 Å². The Morgan fingerprint density at radius 3 is 1.25 bits per heavy atom. The normalized spacial score (nSPS) is 18.3. The van der Waals surface area contributed by atoms with E-state index >= 15 is 0 Å². The van der Waals surface area contributed by atoms with Crippen LogP contribution in [0, 0.1) is 0 Å². The zero-order chi connectivity index (χ0) is 60.9. The minimum atomic E-state index is -1.58. The summed E-state index contributed by atoms with van der Waals surface area (Å²) in [7, 11) is 0. The number of aliphatic hydroxyl groups is 5. The maximum atomic E-state index is 13.0.